The summed E-state index contributed by atoms with van der Waals surface area (Å²) >= 11 is 7.14. The van der Waals surface area contributed by atoms with Crippen molar-refractivity contribution in [3.63, 3.8) is 0 Å². The van der Waals surface area contributed by atoms with E-state index in [0.29, 0.717) is 11.8 Å². The average molecular weight is 287 g/mol. The van der Waals surface area contributed by atoms with E-state index < -0.39 is 5.97 Å². The number of nitrogens with zero attached hydrogens (tertiary/aromatic N) is 3. The third kappa shape index (κ3) is 3.75. The van der Waals surface area contributed by atoms with Gasteiger partial charge in [-0.05, 0) is 13.2 Å². The van der Waals surface area contributed by atoms with Gasteiger partial charge in [0.05, 0.1) is 6.61 Å². The number of aromatic nitrogens is 2. The van der Waals surface area contributed by atoms with Crippen molar-refractivity contribution < 1.29 is 9.53 Å². The highest BCUT2D eigenvalue weighted by Crippen LogP contribution is 2.23. The molecule has 1 rings (SSSR count). The summed E-state index contributed by atoms with van der Waals surface area (Å²) in [5.41, 5.74) is 0.110. The van der Waals surface area contributed by atoms with Crippen molar-refractivity contribution in [2.45, 2.75) is 12.1 Å². The van der Waals surface area contributed by atoms with Crippen LogP contribution in [-0.2, 0) is 9.53 Å². The van der Waals surface area contributed by atoms with Gasteiger partial charge in [-0.25, -0.2) is 9.97 Å². The van der Waals surface area contributed by atoms with Crippen LogP contribution in [0.1, 0.15) is 12.5 Å². The van der Waals surface area contributed by atoms with E-state index in [1.165, 1.54) is 11.8 Å². The van der Waals surface area contributed by atoms with Gasteiger partial charge in [-0.15, -0.1) is 0 Å². The highest BCUT2D eigenvalue weighted by Gasteiger charge is 2.13. The summed E-state index contributed by atoms with van der Waals surface area (Å²) in [6.07, 6.45) is 1.78. The van der Waals surface area contributed by atoms with E-state index in [2.05, 4.69) is 15.3 Å². The molecule has 0 aliphatic carbocycles. The van der Waals surface area contributed by atoms with E-state index >= 15 is 0 Å². The molecule has 0 fully saturated rings. The highest BCUT2D eigenvalue weighted by molar-refractivity contribution is 7.98. The lowest BCUT2D eigenvalue weighted by atomic mass is 10.3. The molecule has 0 spiro atoms. The highest BCUT2D eigenvalue weighted by atomic mass is 35.5. The molecule has 0 saturated heterocycles. The Bertz CT molecular complexity index is 490. The van der Waals surface area contributed by atoms with Gasteiger partial charge in [-0.3, -0.25) is 4.79 Å². The van der Waals surface area contributed by atoms with Gasteiger partial charge >= 0.3 is 5.97 Å². The summed E-state index contributed by atoms with van der Waals surface area (Å²) in [6, 6.07) is 1.89. The van der Waals surface area contributed by atoms with Crippen LogP contribution in [-0.4, -0.2) is 35.3 Å². The molecule has 8 heteroatoms. The lowest BCUT2D eigenvalue weighted by molar-refractivity contribution is -0.140. The van der Waals surface area contributed by atoms with Gasteiger partial charge in [-0.2, -0.15) is 5.26 Å². The van der Waals surface area contributed by atoms with Crippen LogP contribution in [0.2, 0.25) is 5.15 Å². The van der Waals surface area contributed by atoms with Crippen LogP contribution in [0.5, 0.6) is 0 Å². The molecule has 0 amide bonds. The molecule has 0 aliphatic heterocycles. The van der Waals surface area contributed by atoms with Gasteiger partial charge in [0, 0.05) is 0 Å². The number of ether oxygens (including phenoxy) is 1. The number of hydrogen-bond acceptors (Lipinski definition) is 7. The fourth-order valence-corrected chi connectivity index (χ4v) is 1.73. The van der Waals surface area contributed by atoms with Crippen molar-refractivity contribution in [3.8, 4) is 6.07 Å². The summed E-state index contributed by atoms with van der Waals surface area (Å²) in [5, 5.41) is 12.2. The van der Waals surface area contributed by atoms with Gasteiger partial charge in [0.1, 0.15) is 18.2 Å². The summed E-state index contributed by atoms with van der Waals surface area (Å²) < 4.78 is 4.76. The molecule has 1 heterocycles. The first-order valence-electron chi connectivity index (χ1n) is 5.03. The number of nitriles is 1. The predicted octanol–water partition coefficient (Wildman–Crippen LogP) is 1.70. The maximum Gasteiger partial charge on any atom is 0.325 e. The maximum atomic E-state index is 11.2. The third-order valence-electron chi connectivity index (χ3n) is 1.84. The number of thioether (sulfide) groups is 1. The van der Waals surface area contributed by atoms with Crippen molar-refractivity contribution in [1.82, 2.24) is 9.97 Å². The van der Waals surface area contributed by atoms with E-state index in [-0.39, 0.29) is 23.1 Å². The topological polar surface area (TPSA) is 87.9 Å². The Morgan fingerprint density at radius 3 is 2.89 bits per heavy atom. The largest absolute Gasteiger partial charge is 0.465 e. The van der Waals surface area contributed by atoms with Crippen molar-refractivity contribution in [2.24, 2.45) is 0 Å². The number of halogens is 1. The summed E-state index contributed by atoms with van der Waals surface area (Å²) in [5.74, 6) is -0.197. The molecular formula is C10H11ClN4O2S. The van der Waals surface area contributed by atoms with Crippen LogP contribution in [0.15, 0.2) is 5.16 Å². The van der Waals surface area contributed by atoms with Crippen LogP contribution in [0.25, 0.3) is 0 Å². The van der Waals surface area contributed by atoms with Gasteiger partial charge in [0.25, 0.3) is 0 Å². The zero-order valence-corrected chi connectivity index (χ0v) is 11.4. The number of anilines is 1. The molecule has 96 valence electrons. The lowest BCUT2D eigenvalue weighted by Gasteiger charge is -2.08. The zero-order chi connectivity index (χ0) is 13.5. The molecule has 18 heavy (non-hydrogen) atoms. The Morgan fingerprint density at radius 1 is 1.61 bits per heavy atom. The van der Waals surface area contributed by atoms with Crippen molar-refractivity contribution in [3.05, 3.63) is 10.7 Å². The van der Waals surface area contributed by atoms with Crippen molar-refractivity contribution in [1.29, 1.82) is 5.26 Å². The van der Waals surface area contributed by atoms with Crippen LogP contribution >= 0.6 is 23.4 Å². The Balaban J connectivity index is 2.90. The SMILES string of the molecule is CCOC(=O)CNc1nc(SC)nc(Cl)c1C#N. The summed E-state index contributed by atoms with van der Waals surface area (Å²) in [4.78, 5) is 19.2. The monoisotopic (exact) mass is 286 g/mol. The lowest BCUT2D eigenvalue weighted by Crippen LogP contribution is -2.18. The molecule has 0 unspecified atom stereocenters. The molecule has 0 aliphatic rings. The van der Waals surface area contributed by atoms with Gasteiger partial charge in [0.2, 0.25) is 0 Å². The Labute approximate surface area is 114 Å². The van der Waals surface area contributed by atoms with E-state index in [1.54, 1.807) is 13.2 Å². The fourth-order valence-electron chi connectivity index (χ4n) is 1.10. The molecule has 1 aromatic heterocycles. The van der Waals surface area contributed by atoms with Gasteiger partial charge in [0.15, 0.2) is 16.1 Å². The van der Waals surface area contributed by atoms with Crippen LogP contribution in [0, 0.1) is 11.3 Å². The van der Waals surface area contributed by atoms with Gasteiger partial charge < -0.3 is 10.1 Å². The number of nitrogens with one attached hydrogen (secondary N) is 1. The van der Waals surface area contributed by atoms with Gasteiger partial charge in [-0.1, -0.05) is 23.4 Å². The molecule has 0 atom stereocenters. The minimum Gasteiger partial charge on any atom is -0.465 e. The second-order valence-electron chi connectivity index (χ2n) is 3.00. The first kappa shape index (κ1) is 14.5. The third-order valence-corrected chi connectivity index (χ3v) is 2.67. The molecule has 0 radical (unpaired) electrons. The first-order valence-corrected chi connectivity index (χ1v) is 6.63. The summed E-state index contributed by atoms with van der Waals surface area (Å²) in [7, 11) is 0. The number of rotatable bonds is 5. The molecule has 1 aromatic rings. The number of esters is 1. The molecular weight excluding hydrogens is 276 g/mol. The minimum atomic E-state index is -0.429. The van der Waals surface area contributed by atoms with Crippen molar-refractivity contribution >= 4 is 35.1 Å². The molecule has 0 saturated carbocycles. The fraction of sp³-hybridized carbons (Fsp3) is 0.400. The molecule has 0 aromatic carbocycles. The number of carbonyl (C=O) groups excluding carboxylic acids is 1. The smallest absolute Gasteiger partial charge is 0.325 e. The van der Waals surface area contributed by atoms with Crippen LogP contribution in [0.4, 0.5) is 5.82 Å². The van der Waals surface area contributed by atoms with Crippen LogP contribution in [0.3, 0.4) is 0 Å². The zero-order valence-electron chi connectivity index (χ0n) is 9.86. The number of hydrogen-bond donors (Lipinski definition) is 1. The Kier molecular flexibility index (Phi) is 5.68. The minimum absolute atomic E-state index is 0.0585. The quantitative estimate of drug-likeness (QED) is 0.381. The molecule has 0 bridgehead atoms. The second-order valence-corrected chi connectivity index (χ2v) is 4.13. The van der Waals surface area contributed by atoms with E-state index in [9.17, 15) is 4.79 Å². The van der Waals surface area contributed by atoms with E-state index in [0.717, 1.165) is 0 Å². The Hall–Kier alpha value is -1.52. The van der Waals surface area contributed by atoms with E-state index in [1.807, 2.05) is 6.07 Å². The predicted molar refractivity (Wildman–Crippen MR) is 68.7 cm³/mol. The first-order chi connectivity index (χ1) is 8.62. The molecule has 1 N–H and O–H groups in total. The standard InChI is InChI=1S/C10H11ClN4O2S/c1-3-17-7(16)5-13-9-6(4-12)8(11)14-10(15-9)18-2/h3,5H2,1-2H3,(H,13,14,15). The Morgan fingerprint density at radius 2 is 2.33 bits per heavy atom. The number of carbonyl (C=O) groups is 1. The average Bonchev–Trinajstić information content (AvgIpc) is 2.36. The summed E-state index contributed by atoms with van der Waals surface area (Å²) in [6.45, 7) is 1.93. The normalized spacial score (nSPS) is 9.67. The van der Waals surface area contributed by atoms with Crippen LogP contribution < -0.4 is 5.32 Å². The second kappa shape index (κ2) is 7.03. The van der Waals surface area contributed by atoms with Crippen molar-refractivity contribution in [2.75, 3.05) is 24.7 Å². The van der Waals surface area contributed by atoms with E-state index in [4.69, 9.17) is 21.6 Å². The maximum absolute atomic E-state index is 11.2. The molecule has 6 nitrogen and oxygen atoms in total.